The summed E-state index contributed by atoms with van der Waals surface area (Å²) in [4.78, 5) is 0. The summed E-state index contributed by atoms with van der Waals surface area (Å²) in [5.74, 6) is 0.555. The van der Waals surface area contributed by atoms with Crippen LogP contribution in [0.25, 0.3) is 0 Å². The van der Waals surface area contributed by atoms with E-state index in [1.54, 1.807) is 0 Å². The molecular weight excluding hydrogens is 208 g/mol. The number of anilines is 1. The summed E-state index contributed by atoms with van der Waals surface area (Å²) >= 11 is 0. The standard InChI is InChI=1S/C10H20N4O2/c1-4-15-10(2,3)7-12-9-14-13-8(16-9)5-6-11/h4-7,11H2,1-3H3,(H,12,14). The molecule has 16 heavy (non-hydrogen) atoms. The Kier molecular flexibility index (Phi) is 4.70. The fraction of sp³-hybridized carbons (Fsp3) is 0.800. The van der Waals surface area contributed by atoms with Crippen LogP contribution in [0, 0.1) is 0 Å². The van der Waals surface area contributed by atoms with Gasteiger partial charge in [-0.15, -0.1) is 5.10 Å². The molecule has 0 aliphatic rings. The number of ether oxygens (including phenoxy) is 1. The second-order valence-corrected chi connectivity index (χ2v) is 4.09. The van der Waals surface area contributed by atoms with Gasteiger partial charge in [0.25, 0.3) is 0 Å². The van der Waals surface area contributed by atoms with Crippen molar-refractivity contribution in [3.8, 4) is 0 Å². The third kappa shape index (κ3) is 4.16. The van der Waals surface area contributed by atoms with Crippen LogP contribution < -0.4 is 11.1 Å². The molecule has 0 saturated heterocycles. The highest BCUT2D eigenvalue weighted by Gasteiger charge is 2.18. The van der Waals surface area contributed by atoms with E-state index in [1.807, 2.05) is 20.8 Å². The van der Waals surface area contributed by atoms with E-state index >= 15 is 0 Å². The zero-order chi connectivity index (χ0) is 12.0. The van der Waals surface area contributed by atoms with Gasteiger partial charge in [-0.05, 0) is 20.8 Å². The third-order valence-electron chi connectivity index (χ3n) is 2.03. The van der Waals surface area contributed by atoms with Crippen molar-refractivity contribution in [3.05, 3.63) is 5.89 Å². The fourth-order valence-corrected chi connectivity index (χ4v) is 1.28. The van der Waals surface area contributed by atoms with Crippen LogP contribution in [-0.4, -0.2) is 35.5 Å². The quantitative estimate of drug-likeness (QED) is 0.717. The fourth-order valence-electron chi connectivity index (χ4n) is 1.28. The summed E-state index contributed by atoms with van der Waals surface area (Å²) in [6.07, 6.45) is 0.601. The van der Waals surface area contributed by atoms with Gasteiger partial charge in [0.2, 0.25) is 5.89 Å². The highest BCUT2D eigenvalue weighted by molar-refractivity contribution is 5.17. The second kappa shape index (κ2) is 5.81. The molecule has 6 heteroatoms. The summed E-state index contributed by atoms with van der Waals surface area (Å²) in [5.41, 5.74) is 5.13. The summed E-state index contributed by atoms with van der Waals surface area (Å²) in [6.45, 7) is 7.77. The molecule has 0 aromatic carbocycles. The van der Waals surface area contributed by atoms with E-state index in [9.17, 15) is 0 Å². The van der Waals surface area contributed by atoms with Gasteiger partial charge in [-0.2, -0.15) is 0 Å². The molecular formula is C10H20N4O2. The lowest BCUT2D eigenvalue weighted by Crippen LogP contribution is -2.33. The lowest BCUT2D eigenvalue weighted by molar-refractivity contribution is 0.000340. The van der Waals surface area contributed by atoms with Crippen LogP contribution >= 0.6 is 0 Å². The van der Waals surface area contributed by atoms with Crippen LogP contribution in [-0.2, 0) is 11.2 Å². The molecule has 0 unspecified atom stereocenters. The van der Waals surface area contributed by atoms with Crippen molar-refractivity contribution in [1.82, 2.24) is 10.2 Å². The first kappa shape index (κ1) is 12.9. The summed E-state index contributed by atoms with van der Waals surface area (Å²) in [7, 11) is 0. The smallest absolute Gasteiger partial charge is 0.315 e. The van der Waals surface area contributed by atoms with E-state index in [4.69, 9.17) is 14.9 Å². The van der Waals surface area contributed by atoms with Crippen molar-refractivity contribution in [2.75, 3.05) is 25.0 Å². The molecule has 0 amide bonds. The van der Waals surface area contributed by atoms with E-state index in [-0.39, 0.29) is 5.60 Å². The van der Waals surface area contributed by atoms with Gasteiger partial charge in [-0.25, -0.2) is 0 Å². The Balaban J connectivity index is 2.41. The van der Waals surface area contributed by atoms with Crippen LogP contribution in [0.1, 0.15) is 26.7 Å². The number of nitrogens with zero attached hydrogens (tertiary/aromatic N) is 2. The first-order valence-corrected chi connectivity index (χ1v) is 5.47. The van der Waals surface area contributed by atoms with Gasteiger partial charge in [0.05, 0.1) is 5.60 Å². The van der Waals surface area contributed by atoms with Gasteiger partial charge in [-0.1, -0.05) is 5.10 Å². The second-order valence-electron chi connectivity index (χ2n) is 4.09. The maximum absolute atomic E-state index is 5.53. The molecule has 1 rings (SSSR count). The van der Waals surface area contributed by atoms with Crippen molar-refractivity contribution in [3.63, 3.8) is 0 Å². The van der Waals surface area contributed by atoms with Gasteiger partial charge in [-0.3, -0.25) is 0 Å². The first-order valence-electron chi connectivity index (χ1n) is 5.47. The lowest BCUT2D eigenvalue weighted by Gasteiger charge is -2.24. The van der Waals surface area contributed by atoms with E-state index in [2.05, 4.69) is 15.5 Å². The van der Waals surface area contributed by atoms with Crippen molar-refractivity contribution < 1.29 is 9.15 Å². The Morgan fingerprint density at radius 2 is 2.19 bits per heavy atom. The van der Waals surface area contributed by atoms with Gasteiger partial charge < -0.3 is 20.2 Å². The third-order valence-corrected chi connectivity index (χ3v) is 2.03. The van der Waals surface area contributed by atoms with Gasteiger partial charge in [0.1, 0.15) is 0 Å². The van der Waals surface area contributed by atoms with E-state index in [0.29, 0.717) is 38.0 Å². The Morgan fingerprint density at radius 3 is 2.81 bits per heavy atom. The molecule has 0 aliphatic carbocycles. The molecule has 0 aliphatic heterocycles. The van der Waals surface area contributed by atoms with Crippen LogP contribution in [0.4, 0.5) is 6.01 Å². The SMILES string of the molecule is CCOC(C)(C)CNc1nnc(CCN)o1. The molecule has 3 N–H and O–H groups in total. The van der Waals surface area contributed by atoms with Crippen LogP contribution in [0.2, 0.25) is 0 Å². The van der Waals surface area contributed by atoms with E-state index < -0.39 is 0 Å². The van der Waals surface area contributed by atoms with Crippen LogP contribution in [0.15, 0.2) is 4.42 Å². The van der Waals surface area contributed by atoms with Gasteiger partial charge in [0.15, 0.2) is 0 Å². The lowest BCUT2D eigenvalue weighted by atomic mass is 10.1. The largest absolute Gasteiger partial charge is 0.408 e. The average Bonchev–Trinajstić information content (AvgIpc) is 2.64. The predicted octanol–water partition coefficient (Wildman–Crippen LogP) is 0.798. The minimum Gasteiger partial charge on any atom is -0.408 e. The molecule has 0 radical (unpaired) electrons. The molecule has 0 bridgehead atoms. The minimum atomic E-state index is -0.253. The highest BCUT2D eigenvalue weighted by Crippen LogP contribution is 2.11. The number of hydrogen-bond acceptors (Lipinski definition) is 6. The molecule has 92 valence electrons. The maximum atomic E-state index is 5.53. The zero-order valence-corrected chi connectivity index (χ0v) is 10.1. The Hall–Kier alpha value is -1.14. The molecule has 1 heterocycles. The Morgan fingerprint density at radius 1 is 1.44 bits per heavy atom. The summed E-state index contributed by atoms with van der Waals surface area (Å²) < 4.78 is 10.9. The van der Waals surface area contributed by atoms with E-state index in [1.165, 1.54) is 0 Å². The Labute approximate surface area is 95.6 Å². The summed E-state index contributed by atoms with van der Waals surface area (Å²) in [5, 5.41) is 10.8. The number of hydrogen-bond donors (Lipinski definition) is 2. The molecule has 1 aromatic heterocycles. The maximum Gasteiger partial charge on any atom is 0.315 e. The number of nitrogens with one attached hydrogen (secondary N) is 1. The molecule has 6 nitrogen and oxygen atoms in total. The van der Waals surface area contributed by atoms with E-state index in [0.717, 1.165) is 0 Å². The number of aromatic nitrogens is 2. The number of rotatable bonds is 7. The average molecular weight is 228 g/mol. The van der Waals surface area contributed by atoms with Crippen molar-refractivity contribution in [1.29, 1.82) is 0 Å². The molecule has 0 saturated carbocycles. The van der Waals surface area contributed by atoms with Gasteiger partial charge >= 0.3 is 6.01 Å². The molecule has 0 fully saturated rings. The van der Waals surface area contributed by atoms with Gasteiger partial charge in [0, 0.05) is 26.1 Å². The topological polar surface area (TPSA) is 86.2 Å². The normalized spacial score (nSPS) is 11.8. The summed E-state index contributed by atoms with van der Waals surface area (Å²) in [6, 6.07) is 0.413. The first-order chi connectivity index (χ1) is 7.57. The van der Waals surface area contributed by atoms with Crippen LogP contribution in [0.3, 0.4) is 0 Å². The van der Waals surface area contributed by atoms with Crippen molar-refractivity contribution in [2.24, 2.45) is 5.73 Å². The van der Waals surface area contributed by atoms with Crippen molar-refractivity contribution in [2.45, 2.75) is 32.8 Å². The predicted molar refractivity (Wildman–Crippen MR) is 61.3 cm³/mol. The molecule has 0 atom stereocenters. The molecule has 1 aromatic rings. The number of nitrogens with two attached hydrogens (primary N) is 1. The molecule has 0 spiro atoms. The Bertz CT molecular complexity index is 312. The zero-order valence-electron chi connectivity index (χ0n) is 10.1. The van der Waals surface area contributed by atoms with Crippen LogP contribution in [0.5, 0.6) is 0 Å². The van der Waals surface area contributed by atoms with Crippen molar-refractivity contribution >= 4 is 6.01 Å². The monoisotopic (exact) mass is 228 g/mol. The highest BCUT2D eigenvalue weighted by atomic mass is 16.5. The minimum absolute atomic E-state index is 0.253.